The third-order valence-corrected chi connectivity index (χ3v) is 11.9. The van der Waals surface area contributed by atoms with Gasteiger partial charge in [-0.25, -0.2) is 4.79 Å². The van der Waals surface area contributed by atoms with Crippen molar-refractivity contribution in [3.63, 3.8) is 0 Å². The molecule has 0 bridgehead atoms. The summed E-state index contributed by atoms with van der Waals surface area (Å²) < 4.78 is 51.7. The van der Waals surface area contributed by atoms with Crippen LogP contribution in [0.1, 0.15) is 113 Å². The summed E-state index contributed by atoms with van der Waals surface area (Å²) in [6.45, 7) is 24.4. The van der Waals surface area contributed by atoms with Crippen LogP contribution in [0.5, 0.6) is 0 Å². The van der Waals surface area contributed by atoms with Crippen molar-refractivity contribution in [2.45, 2.75) is 133 Å². The van der Waals surface area contributed by atoms with Gasteiger partial charge in [-0.1, -0.05) is 140 Å². The van der Waals surface area contributed by atoms with Crippen LogP contribution in [-0.2, 0) is 31.9 Å². The Labute approximate surface area is 359 Å². The highest BCUT2D eigenvalue weighted by molar-refractivity contribution is 5.96. The topological polar surface area (TPSA) is 97.6 Å². The number of rotatable bonds is 14. The lowest BCUT2D eigenvalue weighted by molar-refractivity contribution is -0.154. The monoisotopic (exact) mass is 842 g/mol. The van der Waals surface area contributed by atoms with Crippen molar-refractivity contribution < 1.29 is 42.5 Å². The zero-order valence-corrected chi connectivity index (χ0v) is 38.4. The average Bonchev–Trinajstić information content (AvgIpc) is 3.17. The second-order valence-electron chi connectivity index (χ2n) is 17.5. The van der Waals surface area contributed by atoms with Crippen LogP contribution in [0.2, 0.25) is 0 Å². The van der Waals surface area contributed by atoms with Gasteiger partial charge in [0.1, 0.15) is 12.7 Å². The Bertz CT molecular complexity index is 1690. The highest BCUT2D eigenvalue weighted by Crippen LogP contribution is 2.37. The molecule has 60 heavy (non-hydrogen) atoms. The molecule has 0 amide bonds. The smallest absolute Gasteiger partial charge is 0.416 e. The van der Waals surface area contributed by atoms with E-state index in [1.54, 1.807) is 18.2 Å². The molecule has 1 heterocycles. The fourth-order valence-corrected chi connectivity index (χ4v) is 8.57. The number of cyclic esters (lactones) is 1. The summed E-state index contributed by atoms with van der Waals surface area (Å²) in [5.41, 5.74) is 2.36. The number of allylic oxidation sites excluding steroid dienone is 7. The molecule has 1 aliphatic heterocycles. The number of esters is 1. The van der Waals surface area contributed by atoms with Crippen molar-refractivity contribution in [2.75, 3.05) is 7.11 Å². The summed E-state index contributed by atoms with van der Waals surface area (Å²) in [4.78, 5) is 19.9. The fraction of sp³-hybridized carbons (Fsp3) is 0.600. The lowest BCUT2D eigenvalue weighted by atomic mass is 9.70. The van der Waals surface area contributed by atoms with Crippen LogP contribution >= 0.6 is 0 Å². The van der Waals surface area contributed by atoms with Crippen molar-refractivity contribution in [2.24, 2.45) is 58.4 Å². The lowest BCUT2D eigenvalue weighted by Crippen LogP contribution is -2.41. The van der Waals surface area contributed by atoms with Crippen LogP contribution in [0.4, 0.5) is 13.2 Å². The minimum atomic E-state index is -4.44. The van der Waals surface area contributed by atoms with E-state index in [0.29, 0.717) is 17.2 Å². The minimum absolute atomic E-state index is 0.0501. The Morgan fingerprint density at radius 2 is 1.68 bits per heavy atom. The maximum absolute atomic E-state index is 14.0. The molecular weight excluding hydrogens is 768 g/mol. The van der Waals surface area contributed by atoms with Crippen molar-refractivity contribution in [3.8, 4) is 0 Å². The second-order valence-corrected chi connectivity index (χ2v) is 17.5. The largest absolute Gasteiger partial charge is 0.490 e. The summed E-state index contributed by atoms with van der Waals surface area (Å²) in [6, 6.07) is 4.79. The number of hydrogen-bond donors (Lipinski definition) is 2. The summed E-state index contributed by atoms with van der Waals surface area (Å²) in [7, 11) is 1.45. The van der Waals surface area contributed by atoms with Gasteiger partial charge < -0.3 is 24.5 Å². The highest BCUT2D eigenvalue weighted by Gasteiger charge is 2.38. The number of ether oxygens (including phenoxy) is 2. The lowest BCUT2D eigenvalue weighted by Gasteiger charge is -2.38. The van der Waals surface area contributed by atoms with Gasteiger partial charge in [0.05, 0.1) is 30.6 Å². The molecule has 2 rings (SSSR count). The molecule has 1 aliphatic rings. The van der Waals surface area contributed by atoms with Gasteiger partial charge >= 0.3 is 12.1 Å². The van der Waals surface area contributed by atoms with Gasteiger partial charge in [0.15, 0.2) is 0 Å². The van der Waals surface area contributed by atoms with Gasteiger partial charge in [0, 0.05) is 23.7 Å². The Morgan fingerprint density at radius 1 is 1.03 bits per heavy atom. The highest BCUT2D eigenvalue weighted by atomic mass is 19.4. The van der Waals surface area contributed by atoms with Crippen LogP contribution in [0.3, 0.4) is 0 Å². The number of aliphatic hydroxyl groups excluding tert-OH is 2. The molecular formula is C50H74F3NO6. The molecule has 0 aromatic heterocycles. The predicted molar refractivity (Wildman–Crippen MR) is 238 cm³/mol. The molecule has 0 saturated heterocycles. The van der Waals surface area contributed by atoms with Crippen LogP contribution < -0.4 is 0 Å². The Morgan fingerprint density at radius 3 is 2.25 bits per heavy atom. The first-order valence-corrected chi connectivity index (χ1v) is 21.7. The fourth-order valence-electron chi connectivity index (χ4n) is 8.57. The van der Waals surface area contributed by atoms with Gasteiger partial charge in [-0.15, -0.1) is 0 Å². The van der Waals surface area contributed by atoms with E-state index >= 15 is 0 Å². The van der Waals surface area contributed by atoms with Gasteiger partial charge in [0.2, 0.25) is 5.76 Å². The first-order chi connectivity index (χ1) is 28.1. The zero-order chi connectivity index (χ0) is 45.3. The number of hydrogen-bond acceptors (Lipinski definition) is 7. The molecule has 2 N–H and O–H groups in total. The number of halogens is 3. The van der Waals surface area contributed by atoms with Crippen molar-refractivity contribution >= 4 is 11.7 Å². The zero-order valence-electron chi connectivity index (χ0n) is 38.4. The van der Waals surface area contributed by atoms with E-state index in [1.807, 2.05) is 65.8 Å². The number of methoxy groups -OCH3 is 1. The van der Waals surface area contributed by atoms with E-state index in [-0.39, 0.29) is 59.7 Å². The molecule has 11 atom stereocenters. The minimum Gasteiger partial charge on any atom is -0.490 e. The van der Waals surface area contributed by atoms with Gasteiger partial charge in [-0.05, 0) is 93.1 Å². The molecule has 11 unspecified atom stereocenters. The van der Waals surface area contributed by atoms with E-state index in [2.05, 4.69) is 58.9 Å². The number of carbonyl (C=O) groups is 1. The van der Waals surface area contributed by atoms with E-state index in [0.717, 1.165) is 37.0 Å². The molecule has 0 aliphatic carbocycles. The normalized spacial score (nSPS) is 29.1. The maximum Gasteiger partial charge on any atom is 0.416 e. The molecule has 0 saturated carbocycles. The predicted octanol–water partition coefficient (Wildman–Crippen LogP) is 12.2. The number of aliphatic hydroxyl groups is 2. The maximum atomic E-state index is 14.0. The Balaban J connectivity index is 2.66. The van der Waals surface area contributed by atoms with E-state index in [4.69, 9.17) is 14.3 Å². The number of nitrogens with zero attached hydrogens (tertiary/aromatic N) is 1. The van der Waals surface area contributed by atoms with Gasteiger partial charge in [0.25, 0.3) is 0 Å². The molecule has 7 nitrogen and oxygen atoms in total. The van der Waals surface area contributed by atoms with Crippen LogP contribution in [-0.4, -0.2) is 47.3 Å². The Hall–Kier alpha value is -3.89. The number of benzene rings is 1. The first-order valence-electron chi connectivity index (χ1n) is 21.7. The molecule has 1 aromatic carbocycles. The van der Waals surface area contributed by atoms with Gasteiger partial charge in [-0.2, -0.15) is 13.2 Å². The molecule has 0 spiro atoms. The van der Waals surface area contributed by atoms with Crippen molar-refractivity contribution in [1.29, 1.82) is 0 Å². The number of carbonyl (C=O) groups excluding carboxylic acids is 1. The second kappa shape index (κ2) is 25.1. The summed E-state index contributed by atoms with van der Waals surface area (Å²) >= 11 is 0. The summed E-state index contributed by atoms with van der Waals surface area (Å²) in [5.74, 6) is -1.18. The SMILES string of the molecule is C/C=C/C(O)C(C)/C=C/C(=N\OCc1ccc(C(F)(F)F)cc1)C(C)C(C(C)C)C(C)C1OC(=O)/C(OC)=C/C(C)=C/C(C)C(O)C(CC)CC(C)C/C(C)=C/C=C/C1C. The van der Waals surface area contributed by atoms with Crippen LogP contribution in [0.25, 0.3) is 0 Å². The molecule has 0 radical (unpaired) electrons. The third-order valence-electron chi connectivity index (χ3n) is 11.9. The molecule has 10 heteroatoms. The third kappa shape index (κ3) is 16.5. The summed E-state index contributed by atoms with van der Waals surface area (Å²) in [6.07, 6.45) is 13.4. The van der Waals surface area contributed by atoms with E-state index in [1.165, 1.54) is 24.8 Å². The van der Waals surface area contributed by atoms with Crippen LogP contribution in [0, 0.1) is 53.3 Å². The standard InChI is InChI=1S/C50H74F3NO6/c1-14-17-44(55)35(8)20-25-43(54-59-30-40-21-23-42(24-22-40)50(51,52)53)38(11)46(31(3)4)39(12)48-36(9)19-16-18-32(5)26-33(6)28-41(15-2)47(56)37(10)27-34(7)29-45(58-13)49(57)60-48/h14,16-25,27,29,31,33,35-39,41,44,46-48,55-56H,15,26,28,30H2,1-13H3/b17-14+,19-16+,25-20+,32-18+,34-27+,45-29-,54-43+. The molecule has 0 fully saturated rings. The number of alkyl halides is 3. The quantitative estimate of drug-likeness (QED) is 0.0838. The number of oxime groups is 1. The van der Waals surface area contributed by atoms with Crippen molar-refractivity contribution in [1.82, 2.24) is 0 Å². The average molecular weight is 842 g/mol. The van der Waals surface area contributed by atoms with Crippen molar-refractivity contribution in [3.05, 3.63) is 107 Å². The molecule has 336 valence electrons. The first kappa shape index (κ1) is 52.2. The Kier molecular flexibility index (Phi) is 21.9. The van der Waals surface area contributed by atoms with Gasteiger partial charge in [-0.3, -0.25) is 0 Å². The molecule has 1 aromatic rings. The van der Waals surface area contributed by atoms with Crippen LogP contribution in [0.15, 0.2) is 101 Å². The van der Waals surface area contributed by atoms with E-state index in [9.17, 15) is 28.2 Å². The van der Waals surface area contributed by atoms with E-state index < -0.39 is 36.0 Å². The summed E-state index contributed by atoms with van der Waals surface area (Å²) in [5, 5.41) is 26.6.